The van der Waals surface area contributed by atoms with Crippen LogP contribution >= 0.6 is 0 Å². The maximum Gasteiger partial charge on any atom is 0.167 e. The molecule has 3 atom stereocenters. The number of nitrogens with zero attached hydrogens (tertiary/aromatic N) is 1. The SMILES string of the molecule is CC1(CC2CCCCN2)OCC(CC#N)O1. The molecule has 90 valence electrons. The van der Waals surface area contributed by atoms with Gasteiger partial charge in [0.1, 0.15) is 0 Å². The second-order valence-corrected chi connectivity index (χ2v) is 4.90. The minimum atomic E-state index is -0.490. The Bertz CT molecular complexity index is 271. The minimum absolute atomic E-state index is 0.0430. The first-order valence-electron chi connectivity index (χ1n) is 6.14. The van der Waals surface area contributed by atoms with Crippen molar-refractivity contribution in [2.24, 2.45) is 0 Å². The molecule has 2 heterocycles. The van der Waals surface area contributed by atoms with E-state index in [-0.39, 0.29) is 6.10 Å². The number of ether oxygens (including phenoxy) is 2. The van der Waals surface area contributed by atoms with E-state index in [0.29, 0.717) is 19.1 Å². The van der Waals surface area contributed by atoms with E-state index >= 15 is 0 Å². The molecular weight excluding hydrogens is 204 g/mol. The lowest BCUT2D eigenvalue weighted by Crippen LogP contribution is -2.41. The third-order valence-corrected chi connectivity index (χ3v) is 3.34. The van der Waals surface area contributed by atoms with Crippen LogP contribution in [0.15, 0.2) is 0 Å². The quantitative estimate of drug-likeness (QED) is 0.790. The molecule has 0 bridgehead atoms. The van der Waals surface area contributed by atoms with Crippen LogP contribution in [0.25, 0.3) is 0 Å². The lowest BCUT2D eigenvalue weighted by molar-refractivity contribution is -0.162. The van der Waals surface area contributed by atoms with E-state index in [1.807, 2.05) is 6.92 Å². The zero-order valence-corrected chi connectivity index (χ0v) is 9.87. The van der Waals surface area contributed by atoms with Gasteiger partial charge in [0.25, 0.3) is 0 Å². The highest BCUT2D eigenvalue weighted by atomic mass is 16.7. The second-order valence-electron chi connectivity index (χ2n) is 4.90. The Hall–Kier alpha value is -0.630. The van der Waals surface area contributed by atoms with Crippen molar-refractivity contribution >= 4 is 0 Å². The molecule has 4 nitrogen and oxygen atoms in total. The number of rotatable bonds is 3. The lowest BCUT2D eigenvalue weighted by Gasteiger charge is -2.31. The van der Waals surface area contributed by atoms with Crippen LogP contribution in [-0.2, 0) is 9.47 Å². The monoisotopic (exact) mass is 224 g/mol. The van der Waals surface area contributed by atoms with Crippen LogP contribution in [0.1, 0.15) is 39.0 Å². The smallest absolute Gasteiger partial charge is 0.167 e. The summed E-state index contributed by atoms with van der Waals surface area (Å²) >= 11 is 0. The molecule has 0 aliphatic carbocycles. The van der Waals surface area contributed by atoms with Crippen LogP contribution in [0.5, 0.6) is 0 Å². The van der Waals surface area contributed by atoms with Gasteiger partial charge in [-0.05, 0) is 26.3 Å². The summed E-state index contributed by atoms with van der Waals surface area (Å²) in [6, 6.07) is 2.63. The summed E-state index contributed by atoms with van der Waals surface area (Å²) < 4.78 is 11.5. The molecule has 2 aliphatic rings. The van der Waals surface area contributed by atoms with E-state index in [0.717, 1.165) is 13.0 Å². The lowest BCUT2D eigenvalue weighted by atomic mass is 9.98. The Balaban J connectivity index is 1.82. The Labute approximate surface area is 96.9 Å². The van der Waals surface area contributed by atoms with Gasteiger partial charge in [-0.2, -0.15) is 5.26 Å². The highest BCUT2D eigenvalue weighted by molar-refractivity contribution is 4.86. The van der Waals surface area contributed by atoms with Crippen molar-refractivity contribution in [2.45, 2.75) is 57.0 Å². The van der Waals surface area contributed by atoms with Gasteiger partial charge in [-0.15, -0.1) is 0 Å². The molecule has 0 saturated carbocycles. The van der Waals surface area contributed by atoms with Crippen molar-refractivity contribution in [3.05, 3.63) is 0 Å². The minimum Gasteiger partial charge on any atom is -0.347 e. The standard InChI is InChI=1S/C12H20N2O2/c1-12(8-10-4-2-3-7-14-10)15-9-11(16-12)5-6-13/h10-11,14H,2-5,7-9H2,1H3. The highest BCUT2D eigenvalue weighted by Gasteiger charge is 2.39. The summed E-state index contributed by atoms with van der Waals surface area (Å²) in [5, 5.41) is 12.1. The van der Waals surface area contributed by atoms with E-state index in [2.05, 4.69) is 11.4 Å². The molecule has 2 rings (SSSR count). The Morgan fingerprint density at radius 1 is 1.50 bits per heavy atom. The zero-order valence-electron chi connectivity index (χ0n) is 9.87. The Morgan fingerprint density at radius 3 is 3.06 bits per heavy atom. The van der Waals surface area contributed by atoms with Gasteiger partial charge in [0.15, 0.2) is 5.79 Å². The Kier molecular flexibility index (Phi) is 3.80. The van der Waals surface area contributed by atoms with Crippen molar-refractivity contribution in [3.8, 4) is 6.07 Å². The number of nitrogens with one attached hydrogen (secondary N) is 1. The van der Waals surface area contributed by atoms with Crippen LogP contribution in [0.3, 0.4) is 0 Å². The van der Waals surface area contributed by atoms with Gasteiger partial charge < -0.3 is 14.8 Å². The van der Waals surface area contributed by atoms with E-state index < -0.39 is 5.79 Å². The van der Waals surface area contributed by atoms with Gasteiger partial charge in [-0.3, -0.25) is 0 Å². The molecule has 0 amide bonds. The van der Waals surface area contributed by atoms with Gasteiger partial charge in [0.2, 0.25) is 0 Å². The molecule has 2 aliphatic heterocycles. The van der Waals surface area contributed by atoms with Crippen LogP contribution in [0.2, 0.25) is 0 Å². The largest absolute Gasteiger partial charge is 0.347 e. The normalized spacial score (nSPS) is 39.5. The molecule has 2 saturated heterocycles. The van der Waals surface area contributed by atoms with E-state index in [1.165, 1.54) is 19.3 Å². The average Bonchev–Trinajstić information content (AvgIpc) is 2.62. The van der Waals surface area contributed by atoms with Crippen molar-refractivity contribution in [3.63, 3.8) is 0 Å². The predicted octanol–water partition coefficient (Wildman–Crippen LogP) is 1.56. The highest BCUT2D eigenvalue weighted by Crippen LogP contribution is 2.30. The number of piperidine rings is 1. The molecule has 4 heteroatoms. The summed E-state index contributed by atoms with van der Waals surface area (Å²) in [6.45, 7) is 3.64. The van der Waals surface area contributed by atoms with E-state index in [9.17, 15) is 0 Å². The maximum atomic E-state index is 8.62. The molecule has 3 unspecified atom stereocenters. The molecule has 0 radical (unpaired) electrons. The zero-order chi connectivity index (χ0) is 11.4. The molecule has 1 N–H and O–H groups in total. The van der Waals surface area contributed by atoms with Crippen LogP contribution in [0, 0.1) is 11.3 Å². The summed E-state index contributed by atoms with van der Waals surface area (Å²) in [7, 11) is 0. The molecule has 2 fully saturated rings. The Morgan fingerprint density at radius 2 is 2.38 bits per heavy atom. The number of hydrogen-bond donors (Lipinski definition) is 1. The maximum absolute atomic E-state index is 8.62. The summed E-state index contributed by atoms with van der Waals surface area (Å²) in [5.41, 5.74) is 0. The molecule has 0 spiro atoms. The average molecular weight is 224 g/mol. The third kappa shape index (κ3) is 2.94. The van der Waals surface area contributed by atoms with E-state index in [1.54, 1.807) is 0 Å². The summed E-state index contributed by atoms with van der Waals surface area (Å²) in [6.07, 6.45) is 5.02. The fourth-order valence-corrected chi connectivity index (χ4v) is 2.55. The first-order valence-corrected chi connectivity index (χ1v) is 6.14. The van der Waals surface area contributed by atoms with Gasteiger partial charge in [0, 0.05) is 12.5 Å². The third-order valence-electron chi connectivity index (χ3n) is 3.34. The molecule has 0 aromatic carbocycles. The summed E-state index contributed by atoms with van der Waals surface area (Å²) in [5.74, 6) is -0.490. The van der Waals surface area contributed by atoms with E-state index in [4.69, 9.17) is 14.7 Å². The molecule has 0 aromatic heterocycles. The van der Waals surface area contributed by atoms with Gasteiger partial charge in [-0.25, -0.2) is 0 Å². The van der Waals surface area contributed by atoms with Crippen molar-refractivity contribution in [2.75, 3.05) is 13.2 Å². The summed E-state index contributed by atoms with van der Waals surface area (Å²) in [4.78, 5) is 0. The molecule has 16 heavy (non-hydrogen) atoms. The van der Waals surface area contributed by atoms with Gasteiger partial charge >= 0.3 is 0 Å². The van der Waals surface area contributed by atoms with Gasteiger partial charge in [0.05, 0.1) is 25.2 Å². The first kappa shape index (κ1) is 11.8. The number of nitriles is 1. The first-order chi connectivity index (χ1) is 7.72. The van der Waals surface area contributed by atoms with Crippen molar-refractivity contribution in [1.82, 2.24) is 5.32 Å². The predicted molar refractivity (Wildman–Crippen MR) is 59.7 cm³/mol. The topological polar surface area (TPSA) is 54.3 Å². The van der Waals surface area contributed by atoms with Crippen LogP contribution in [0.4, 0.5) is 0 Å². The van der Waals surface area contributed by atoms with Crippen molar-refractivity contribution in [1.29, 1.82) is 5.26 Å². The fourth-order valence-electron chi connectivity index (χ4n) is 2.55. The van der Waals surface area contributed by atoms with Crippen molar-refractivity contribution < 1.29 is 9.47 Å². The second kappa shape index (κ2) is 5.13. The number of hydrogen-bond acceptors (Lipinski definition) is 4. The van der Waals surface area contributed by atoms with Crippen LogP contribution < -0.4 is 5.32 Å². The molecular formula is C12H20N2O2. The molecule has 0 aromatic rings. The van der Waals surface area contributed by atoms with Gasteiger partial charge in [-0.1, -0.05) is 6.42 Å². The van der Waals surface area contributed by atoms with Crippen LogP contribution in [-0.4, -0.2) is 31.1 Å². The fraction of sp³-hybridized carbons (Fsp3) is 0.917.